The average molecular weight is 258 g/mol. The minimum absolute atomic E-state index is 0.0951. The molecule has 2 heterocycles. The molecule has 1 aliphatic heterocycles. The van der Waals surface area contributed by atoms with E-state index in [4.69, 9.17) is 10.5 Å². The summed E-state index contributed by atoms with van der Waals surface area (Å²) in [7, 11) is 0. The zero-order valence-corrected chi connectivity index (χ0v) is 9.27. The third-order valence-corrected chi connectivity index (χ3v) is 2.69. The number of hydrogen-bond donors (Lipinski definition) is 1. The van der Waals surface area contributed by atoms with Crippen LogP contribution in [0.4, 0.5) is 11.4 Å². The minimum atomic E-state index is 0.0951. The molecule has 1 fully saturated rings. The van der Waals surface area contributed by atoms with Gasteiger partial charge in [0.1, 0.15) is 5.01 Å². The summed E-state index contributed by atoms with van der Waals surface area (Å²) < 4.78 is 5.38. The van der Waals surface area contributed by atoms with Crippen molar-refractivity contribution in [2.24, 2.45) is 0 Å². The summed E-state index contributed by atoms with van der Waals surface area (Å²) in [5.74, 6) is 0. The average Bonchev–Trinajstić information content (AvgIpc) is 2.18. The van der Waals surface area contributed by atoms with Gasteiger partial charge in [0.05, 0.1) is 30.7 Å². The fourth-order valence-corrected chi connectivity index (χ4v) is 2.00. The van der Waals surface area contributed by atoms with Gasteiger partial charge in [-0.15, -0.1) is 0 Å². The molecule has 1 aliphatic rings. The topological polar surface area (TPSA) is 51.4 Å². The summed E-state index contributed by atoms with van der Waals surface area (Å²) in [5.41, 5.74) is 7.42. The highest BCUT2D eigenvalue weighted by atomic mass is 79.9. The molecule has 0 amide bonds. The lowest BCUT2D eigenvalue weighted by Crippen LogP contribution is -2.39. The molecular weight excluding hydrogens is 246 g/mol. The molecule has 0 aromatic carbocycles. The molecule has 1 atom stereocenters. The smallest absolute Gasteiger partial charge is 0.129 e. The molecule has 1 saturated heterocycles. The van der Waals surface area contributed by atoms with Crippen molar-refractivity contribution in [2.75, 3.05) is 30.3 Å². The molecule has 0 spiro atoms. The van der Waals surface area contributed by atoms with Crippen molar-refractivity contribution in [3.8, 4) is 0 Å². The summed E-state index contributed by atoms with van der Waals surface area (Å²) in [6.45, 7) is 2.43. The third-order valence-electron chi connectivity index (χ3n) is 2.13. The number of hydrogen-bond acceptors (Lipinski definition) is 4. The van der Waals surface area contributed by atoms with Gasteiger partial charge in [0.15, 0.2) is 0 Å². The Balaban J connectivity index is 2.14. The highest BCUT2D eigenvalue weighted by Gasteiger charge is 2.18. The number of rotatable bonds is 1. The molecule has 5 heteroatoms. The molecule has 1 aromatic heterocycles. The Morgan fingerprint density at radius 3 is 3.14 bits per heavy atom. The van der Waals surface area contributed by atoms with Crippen LogP contribution in [0.15, 0.2) is 18.5 Å². The summed E-state index contributed by atoms with van der Waals surface area (Å²) in [6, 6.07) is 1.93. The molecule has 0 aliphatic carbocycles. The molecule has 0 saturated carbocycles. The van der Waals surface area contributed by atoms with Crippen molar-refractivity contribution in [1.29, 1.82) is 0 Å². The van der Waals surface area contributed by atoms with Crippen LogP contribution in [0.1, 0.15) is 0 Å². The normalized spacial score (nSPS) is 22.4. The van der Waals surface area contributed by atoms with E-state index in [2.05, 4.69) is 25.8 Å². The van der Waals surface area contributed by atoms with Crippen LogP contribution in [0.2, 0.25) is 0 Å². The fraction of sp³-hybridized carbons (Fsp3) is 0.444. The van der Waals surface area contributed by atoms with E-state index in [1.54, 1.807) is 6.20 Å². The van der Waals surface area contributed by atoms with Gasteiger partial charge in [-0.2, -0.15) is 0 Å². The highest BCUT2D eigenvalue weighted by molar-refractivity contribution is 9.09. The molecule has 4 nitrogen and oxygen atoms in total. The summed E-state index contributed by atoms with van der Waals surface area (Å²) in [6.07, 6.45) is 3.47. The second-order valence-corrected chi connectivity index (χ2v) is 4.22. The van der Waals surface area contributed by atoms with Crippen LogP contribution >= 0.6 is 15.9 Å². The van der Waals surface area contributed by atoms with Gasteiger partial charge in [0, 0.05) is 12.7 Å². The number of ether oxygens (including phenoxy) is 1. The van der Waals surface area contributed by atoms with Gasteiger partial charge in [0.25, 0.3) is 0 Å². The molecule has 1 aromatic rings. The van der Waals surface area contributed by atoms with Crippen molar-refractivity contribution in [3.63, 3.8) is 0 Å². The molecule has 2 N–H and O–H groups in total. The molecule has 0 radical (unpaired) electrons. The largest absolute Gasteiger partial charge is 0.397 e. The van der Waals surface area contributed by atoms with E-state index in [0.29, 0.717) is 5.69 Å². The first-order chi connectivity index (χ1) is 6.75. The van der Waals surface area contributed by atoms with Crippen LogP contribution in [-0.2, 0) is 4.74 Å². The number of anilines is 2. The third kappa shape index (κ3) is 2.16. The second kappa shape index (κ2) is 4.14. The number of morpholine rings is 1. The Kier molecular flexibility index (Phi) is 2.88. The van der Waals surface area contributed by atoms with Crippen molar-refractivity contribution in [1.82, 2.24) is 4.98 Å². The van der Waals surface area contributed by atoms with E-state index < -0.39 is 0 Å². The quantitative estimate of drug-likeness (QED) is 0.769. The SMILES string of the molecule is Nc1cncc(N2CCOC(Br)C2)c1. The van der Waals surface area contributed by atoms with E-state index in [1.807, 2.05) is 12.3 Å². The van der Waals surface area contributed by atoms with Crippen LogP contribution in [0.5, 0.6) is 0 Å². The maximum atomic E-state index is 5.67. The monoisotopic (exact) mass is 257 g/mol. The standard InChI is InChI=1S/C9H12BrN3O/c10-9-6-13(1-2-14-9)8-3-7(11)4-12-5-8/h3-5,9H,1-2,6,11H2. The van der Waals surface area contributed by atoms with Crippen LogP contribution in [0.25, 0.3) is 0 Å². The number of halogens is 1. The first-order valence-corrected chi connectivity index (χ1v) is 5.38. The van der Waals surface area contributed by atoms with Crippen molar-refractivity contribution in [3.05, 3.63) is 18.5 Å². The van der Waals surface area contributed by atoms with Gasteiger partial charge in [-0.3, -0.25) is 4.98 Å². The van der Waals surface area contributed by atoms with Crippen molar-refractivity contribution in [2.45, 2.75) is 5.01 Å². The molecule has 2 rings (SSSR count). The van der Waals surface area contributed by atoms with E-state index >= 15 is 0 Å². The second-order valence-electron chi connectivity index (χ2n) is 3.20. The lowest BCUT2D eigenvalue weighted by molar-refractivity contribution is 0.103. The molecule has 14 heavy (non-hydrogen) atoms. The summed E-state index contributed by atoms with van der Waals surface area (Å²) in [4.78, 5) is 6.26. The summed E-state index contributed by atoms with van der Waals surface area (Å²) in [5, 5.41) is 0.0951. The first-order valence-electron chi connectivity index (χ1n) is 4.47. The number of aromatic nitrogens is 1. The zero-order valence-electron chi connectivity index (χ0n) is 7.69. The highest BCUT2D eigenvalue weighted by Crippen LogP contribution is 2.20. The Morgan fingerprint density at radius 1 is 1.57 bits per heavy atom. The predicted octanol–water partition coefficient (Wildman–Crippen LogP) is 1.22. The number of nitrogens with two attached hydrogens (primary N) is 1. The summed E-state index contributed by atoms with van der Waals surface area (Å²) >= 11 is 3.43. The van der Waals surface area contributed by atoms with Crippen LogP contribution in [-0.4, -0.2) is 29.7 Å². The molecular formula is C9H12BrN3O. The predicted molar refractivity (Wildman–Crippen MR) is 59.5 cm³/mol. The Labute approximate surface area is 91.2 Å². The van der Waals surface area contributed by atoms with Gasteiger partial charge < -0.3 is 15.4 Å². The Bertz CT molecular complexity index is 321. The first kappa shape index (κ1) is 9.73. The lowest BCUT2D eigenvalue weighted by atomic mass is 10.3. The Hall–Kier alpha value is -0.810. The number of alkyl halides is 1. The molecule has 1 unspecified atom stereocenters. The number of pyridine rings is 1. The van der Waals surface area contributed by atoms with Crippen LogP contribution in [0.3, 0.4) is 0 Å². The van der Waals surface area contributed by atoms with Crippen molar-refractivity contribution >= 4 is 27.3 Å². The fourth-order valence-electron chi connectivity index (χ4n) is 1.46. The molecule has 76 valence electrons. The zero-order chi connectivity index (χ0) is 9.97. The number of nitrogens with zero attached hydrogens (tertiary/aromatic N) is 2. The molecule has 0 bridgehead atoms. The van der Waals surface area contributed by atoms with Gasteiger partial charge in [-0.05, 0) is 6.07 Å². The van der Waals surface area contributed by atoms with E-state index in [-0.39, 0.29) is 5.01 Å². The van der Waals surface area contributed by atoms with E-state index in [9.17, 15) is 0 Å². The van der Waals surface area contributed by atoms with Gasteiger partial charge in [-0.25, -0.2) is 0 Å². The van der Waals surface area contributed by atoms with Crippen LogP contribution < -0.4 is 10.6 Å². The van der Waals surface area contributed by atoms with Gasteiger partial charge >= 0.3 is 0 Å². The lowest BCUT2D eigenvalue weighted by Gasteiger charge is -2.31. The maximum Gasteiger partial charge on any atom is 0.129 e. The van der Waals surface area contributed by atoms with Crippen molar-refractivity contribution < 1.29 is 4.74 Å². The maximum absolute atomic E-state index is 5.67. The minimum Gasteiger partial charge on any atom is -0.397 e. The Morgan fingerprint density at radius 2 is 2.43 bits per heavy atom. The van der Waals surface area contributed by atoms with Gasteiger partial charge in [0.2, 0.25) is 0 Å². The van der Waals surface area contributed by atoms with Crippen LogP contribution in [0, 0.1) is 0 Å². The number of nitrogen functional groups attached to an aromatic ring is 1. The van der Waals surface area contributed by atoms with E-state index in [1.165, 1.54) is 0 Å². The van der Waals surface area contributed by atoms with E-state index in [0.717, 1.165) is 25.4 Å². The van der Waals surface area contributed by atoms with Gasteiger partial charge in [-0.1, -0.05) is 15.9 Å².